The van der Waals surface area contributed by atoms with Gasteiger partial charge in [-0.05, 0) is 37.0 Å². The molecule has 0 radical (unpaired) electrons. The quantitative estimate of drug-likeness (QED) is 0.440. The number of hydrogen-bond donors (Lipinski definition) is 3. The predicted octanol–water partition coefficient (Wildman–Crippen LogP) is 1.98. The third-order valence-corrected chi connectivity index (χ3v) is 4.68. The SMILES string of the molecule is CC(C)CCNC(=O)[C@@H]1CCCN1C(=O)N(CCC(C)(C)C)CC(=O)NO. The standard InChI is InChI=1S/C19H36N4O4/c1-14(2)8-10-20-17(25)15-7-6-11-23(15)18(26)22(13-16(24)21-27)12-9-19(3,4)5/h14-15,27H,6-13H2,1-5H3,(H,20,25)(H,21,24)/t15-/m0/s1. The molecule has 0 bridgehead atoms. The highest BCUT2D eigenvalue weighted by atomic mass is 16.5. The summed E-state index contributed by atoms with van der Waals surface area (Å²) in [4.78, 5) is 40.1. The Balaban J connectivity index is 2.78. The normalized spacial score (nSPS) is 17.1. The van der Waals surface area contributed by atoms with Gasteiger partial charge < -0.3 is 15.1 Å². The summed E-state index contributed by atoms with van der Waals surface area (Å²) in [5, 5.41) is 11.7. The number of rotatable bonds is 8. The summed E-state index contributed by atoms with van der Waals surface area (Å²) >= 11 is 0. The summed E-state index contributed by atoms with van der Waals surface area (Å²) in [6.07, 6.45) is 2.98. The zero-order valence-corrected chi connectivity index (χ0v) is 17.4. The first-order valence-electron chi connectivity index (χ1n) is 9.81. The number of amides is 4. The summed E-state index contributed by atoms with van der Waals surface area (Å²) in [6, 6.07) is -0.830. The fraction of sp³-hybridized carbons (Fsp3) is 0.842. The average Bonchev–Trinajstić information content (AvgIpc) is 3.06. The summed E-state index contributed by atoms with van der Waals surface area (Å²) in [5.74, 6) is -0.283. The number of hydrogen-bond acceptors (Lipinski definition) is 4. The number of carbonyl (C=O) groups is 3. The van der Waals surface area contributed by atoms with Crippen molar-refractivity contribution in [2.75, 3.05) is 26.2 Å². The molecule has 4 amide bonds. The van der Waals surface area contributed by atoms with Gasteiger partial charge in [-0.1, -0.05) is 34.6 Å². The number of urea groups is 1. The van der Waals surface area contributed by atoms with Gasteiger partial charge in [-0.2, -0.15) is 0 Å². The van der Waals surface area contributed by atoms with E-state index in [4.69, 9.17) is 5.21 Å². The Morgan fingerprint density at radius 2 is 1.93 bits per heavy atom. The molecule has 3 N–H and O–H groups in total. The van der Waals surface area contributed by atoms with Gasteiger partial charge in [-0.15, -0.1) is 0 Å². The fourth-order valence-corrected chi connectivity index (χ4v) is 2.97. The summed E-state index contributed by atoms with van der Waals surface area (Å²) < 4.78 is 0. The third-order valence-electron chi connectivity index (χ3n) is 4.68. The van der Waals surface area contributed by atoms with Crippen molar-refractivity contribution >= 4 is 17.8 Å². The van der Waals surface area contributed by atoms with Crippen LogP contribution in [0.2, 0.25) is 0 Å². The molecular weight excluding hydrogens is 348 g/mol. The Labute approximate surface area is 162 Å². The van der Waals surface area contributed by atoms with Crippen LogP contribution in [-0.4, -0.2) is 65.1 Å². The van der Waals surface area contributed by atoms with E-state index in [1.807, 2.05) is 0 Å². The van der Waals surface area contributed by atoms with E-state index in [0.29, 0.717) is 38.4 Å². The van der Waals surface area contributed by atoms with Crippen molar-refractivity contribution in [3.63, 3.8) is 0 Å². The number of hydroxylamine groups is 1. The highest BCUT2D eigenvalue weighted by Gasteiger charge is 2.36. The molecule has 8 heteroatoms. The van der Waals surface area contributed by atoms with E-state index in [2.05, 4.69) is 39.9 Å². The molecule has 1 rings (SSSR count). The van der Waals surface area contributed by atoms with Crippen molar-refractivity contribution < 1.29 is 19.6 Å². The van der Waals surface area contributed by atoms with Crippen LogP contribution in [0.3, 0.4) is 0 Å². The van der Waals surface area contributed by atoms with Crippen LogP contribution < -0.4 is 10.8 Å². The lowest BCUT2D eigenvalue weighted by molar-refractivity contribution is -0.130. The second-order valence-corrected chi connectivity index (χ2v) is 8.87. The molecule has 1 atom stereocenters. The van der Waals surface area contributed by atoms with Crippen molar-refractivity contribution in [1.82, 2.24) is 20.6 Å². The lowest BCUT2D eigenvalue weighted by Crippen LogP contribution is -2.53. The maximum Gasteiger partial charge on any atom is 0.321 e. The monoisotopic (exact) mass is 384 g/mol. The van der Waals surface area contributed by atoms with E-state index in [-0.39, 0.29) is 23.9 Å². The van der Waals surface area contributed by atoms with Crippen LogP contribution in [0.15, 0.2) is 0 Å². The fourth-order valence-electron chi connectivity index (χ4n) is 2.97. The average molecular weight is 385 g/mol. The molecule has 0 aromatic heterocycles. The van der Waals surface area contributed by atoms with Crippen LogP contribution in [0, 0.1) is 11.3 Å². The van der Waals surface area contributed by atoms with Crippen molar-refractivity contribution in [3.8, 4) is 0 Å². The number of carbonyl (C=O) groups excluding carboxylic acids is 3. The Morgan fingerprint density at radius 3 is 2.48 bits per heavy atom. The number of nitrogens with zero attached hydrogens (tertiary/aromatic N) is 2. The van der Waals surface area contributed by atoms with E-state index in [1.54, 1.807) is 10.4 Å². The first-order valence-corrected chi connectivity index (χ1v) is 9.81. The molecule has 0 aliphatic carbocycles. The van der Waals surface area contributed by atoms with Crippen LogP contribution in [0.5, 0.6) is 0 Å². The Hall–Kier alpha value is -1.83. The Kier molecular flexibility index (Phi) is 9.02. The van der Waals surface area contributed by atoms with E-state index in [0.717, 1.165) is 12.8 Å². The van der Waals surface area contributed by atoms with Crippen LogP contribution in [0.4, 0.5) is 4.79 Å². The van der Waals surface area contributed by atoms with E-state index in [1.165, 1.54) is 4.90 Å². The minimum Gasteiger partial charge on any atom is -0.354 e. The molecule has 1 saturated heterocycles. The summed E-state index contributed by atoms with van der Waals surface area (Å²) in [6.45, 7) is 11.6. The first-order chi connectivity index (χ1) is 12.5. The molecule has 0 saturated carbocycles. The van der Waals surface area contributed by atoms with Crippen LogP contribution in [0.25, 0.3) is 0 Å². The largest absolute Gasteiger partial charge is 0.354 e. The summed E-state index contributed by atoms with van der Waals surface area (Å²) in [5.41, 5.74) is 1.57. The van der Waals surface area contributed by atoms with Gasteiger partial charge in [0.1, 0.15) is 12.6 Å². The molecule has 1 heterocycles. The highest BCUT2D eigenvalue weighted by molar-refractivity contribution is 5.89. The molecule has 0 aromatic carbocycles. The molecule has 8 nitrogen and oxygen atoms in total. The maximum atomic E-state index is 13.0. The maximum absolute atomic E-state index is 13.0. The van der Waals surface area contributed by atoms with Crippen LogP contribution in [-0.2, 0) is 9.59 Å². The molecule has 0 unspecified atom stereocenters. The Morgan fingerprint density at radius 1 is 1.26 bits per heavy atom. The highest BCUT2D eigenvalue weighted by Crippen LogP contribution is 2.22. The Bertz CT molecular complexity index is 516. The van der Waals surface area contributed by atoms with Gasteiger partial charge in [0.25, 0.3) is 5.91 Å². The van der Waals surface area contributed by atoms with Gasteiger partial charge in [0.05, 0.1) is 0 Å². The van der Waals surface area contributed by atoms with Gasteiger partial charge >= 0.3 is 6.03 Å². The van der Waals surface area contributed by atoms with Gasteiger partial charge in [0, 0.05) is 19.6 Å². The second-order valence-electron chi connectivity index (χ2n) is 8.87. The molecular formula is C19H36N4O4. The van der Waals surface area contributed by atoms with Gasteiger partial charge in [-0.25, -0.2) is 10.3 Å². The topological polar surface area (TPSA) is 102 Å². The van der Waals surface area contributed by atoms with Crippen molar-refractivity contribution in [2.45, 2.75) is 66.3 Å². The third kappa shape index (κ3) is 8.15. The molecule has 1 aliphatic heterocycles. The first kappa shape index (κ1) is 23.2. The molecule has 156 valence electrons. The molecule has 1 fully saturated rings. The lowest BCUT2D eigenvalue weighted by Gasteiger charge is -2.32. The summed E-state index contributed by atoms with van der Waals surface area (Å²) in [7, 11) is 0. The van der Waals surface area contributed by atoms with Crippen molar-refractivity contribution in [2.24, 2.45) is 11.3 Å². The second kappa shape index (κ2) is 10.5. The minimum atomic E-state index is -0.644. The van der Waals surface area contributed by atoms with Crippen molar-refractivity contribution in [1.29, 1.82) is 0 Å². The van der Waals surface area contributed by atoms with Crippen molar-refractivity contribution in [3.05, 3.63) is 0 Å². The van der Waals surface area contributed by atoms with Crippen LogP contribution >= 0.6 is 0 Å². The lowest BCUT2D eigenvalue weighted by atomic mass is 9.92. The number of nitrogens with one attached hydrogen (secondary N) is 2. The van der Waals surface area contributed by atoms with Gasteiger partial charge in [0.2, 0.25) is 5.91 Å². The zero-order chi connectivity index (χ0) is 20.6. The molecule has 0 aromatic rings. The van der Waals surface area contributed by atoms with E-state index in [9.17, 15) is 14.4 Å². The van der Waals surface area contributed by atoms with Gasteiger partial charge in [-0.3, -0.25) is 14.8 Å². The van der Waals surface area contributed by atoms with E-state index >= 15 is 0 Å². The molecule has 0 spiro atoms. The van der Waals surface area contributed by atoms with E-state index < -0.39 is 11.9 Å². The minimum absolute atomic E-state index is 0.00709. The predicted molar refractivity (Wildman–Crippen MR) is 103 cm³/mol. The number of likely N-dealkylation sites (tertiary alicyclic amines) is 1. The smallest absolute Gasteiger partial charge is 0.321 e. The molecule has 1 aliphatic rings. The van der Waals surface area contributed by atoms with Crippen LogP contribution in [0.1, 0.15) is 60.3 Å². The molecule has 27 heavy (non-hydrogen) atoms. The van der Waals surface area contributed by atoms with Gasteiger partial charge in [0.15, 0.2) is 0 Å². The zero-order valence-electron chi connectivity index (χ0n) is 17.4.